The summed E-state index contributed by atoms with van der Waals surface area (Å²) in [5.74, 6) is -0.109. The monoisotopic (exact) mass is 358 g/mol. The molecule has 1 aliphatic heterocycles. The molecule has 0 spiro atoms. The van der Waals surface area contributed by atoms with Crippen LogP contribution in [-0.2, 0) is 11.2 Å². The van der Waals surface area contributed by atoms with Crippen molar-refractivity contribution in [2.24, 2.45) is 10.5 Å². The van der Waals surface area contributed by atoms with E-state index in [1.54, 1.807) is 45.0 Å². The first-order valence-electron chi connectivity index (χ1n) is 7.71. The molecule has 0 fully saturated rings. The topological polar surface area (TPSA) is 62.1 Å². The summed E-state index contributed by atoms with van der Waals surface area (Å²) in [6.45, 7) is 4.69. The van der Waals surface area contributed by atoms with E-state index >= 15 is 0 Å². The first-order valence-corrected chi connectivity index (χ1v) is 7.71. The van der Waals surface area contributed by atoms with E-state index in [1.807, 2.05) is 0 Å². The number of nitrogens with zero attached hydrogens (tertiary/aromatic N) is 2. The second-order valence-electron chi connectivity index (χ2n) is 7.02. The van der Waals surface area contributed by atoms with Crippen molar-refractivity contribution in [3.8, 4) is 5.75 Å². The molecule has 0 unspecified atom stereocenters. The molecule has 1 amide bonds. The molecule has 1 aromatic carbocycles. The third-order valence-corrected chi connectivity index (χ3v) is 4.26. The summed E-state index contributed by atoms with van der Waals surface area (Å²) in [6, 6.07) is 6.56. The Morgan fingerprint density at radius 1 is 1.28 bits per heavy atom. The van der Waals surface area contributed by atoms with Crippen molar-refractivity contribution in [2.45, 2.75) is 45.5 Å². The number of rotatable bonds is 3. The van der Waals surface area contributed by atoms with Crippen LogP contribution >= 0.6 is 0 Å². The molecule has 138 valence electrons. The molecule has 5 nitrogen and oxygen atoms in total. The lowest BCUT2D eigenvalue weighted by Crippen LogP contribution is -2.55. The second kappa shape index (κ2) is 6.33. The fraction of sp³-hybridized carbons (Fsp3) is 0.529. The van der Waals surface area contributed by atoms with Gasteiger partial charge in [0.2, 0.25) is 5.91 Å². The maximum Gasteiger partial charge on any atom is 0.431 e. The summed E-state index contributed by atoms with van der Waals surface area (Å²) < 4.78 is 44.2. The molecule has 0 aromatic heterocycles. The second-order valence-corrected chi connectivity index (χ2v) is 7.02. The molecule has 2 rings (SSSR count). The summed E-state index contributed by atoms with van der Waals surface area (Å²) >= 11 is 0. The van der Waals surface area contributed by atoms with Gasteiger partial charge in [0.05, 0.1) is 13.5 Å². The lowest BCUT2D eigenvalue weighted by Gasteiger charge is -2.41. The molecule has 0 saturated carbocycles. The first kappa shape index (κ1) is 19.2. The minimum Gasteiger partial charge on any atom is -0.497 e. The molecule has 1 aromatic rings. The molecule has 1 heterocycles. The molecular formula is C17H21F3N2O3. The van der Waals surface area contributed by atoms with E-state index in [4.69, 9.17) is 4.74 Å². The van der Waals surface area contributed by atoms with Gasteiger partial charge in [-0.3, -0.25) is 4.79 Å². The van der Waals surface area contributed by atoms with E-state index in [0.29, 0.717) is 16.3 Å². The highest BCUT2D eigenvalue weighted by molar-refractivity contribution is 5.94. The van der Waals surface area contributed by atoms with E-state index in [-0.39, 0.29) is 6.42 Å². The van der Waals surface area contributed by atoms with Gasteiger partial charge in [0.15, 0.2) is 5.72 Å². The number of benzene rings is 1. The van der Waals surface area contributed by atoms with E-state index in [9.17, 15) is 23.1 Å². The van der Waals surface area contributed by atoms with Gasteiger partial charge < -0.3 is 9.84 Å². The first-order chi connectivity index (χ1) is 11.4. The molecule has 0 radical (unpaired) electrons. The SMILES string of the molecule is COc1ccc(CC(=O)N2N=C(C(F)(F)F)C[C@@]2(O)C(C)(C)C)cc1. The Morgan fingerprint density at radius 3 is 2.28 bits per heavy atom. The smallest absolute Gasteiger partial charge is 0.431 e. The average Bonchev–Trinajstić information content (AvgIpc) is 2.87. The number of carbonyl (C=O) groups excluding carboxylic acids is 1. The van der Waals surface area contributed by atoms with Crippen LogP contribution in [0, 0.1) is 5.41 Å². The zero-order valence-corrected chi connectivity index (χ0v) is 14.5. The fourth-order valence-electron chi connectivity index (χ4n) is 2.54. The predicted octanol–water partition coefficient (Wildman–Crippen LogP) is 3.12. The quantitative estimate of drug-likeness (QED) is 0.903. The van der Waals surface area contributed by atoms with Gasteiger partial charge in [-0.15, -0.1) is 0 Å². The molecule has 25 heavy (non-hydrogen) atoms. The lowest BCUT2D eigenvalue weighted by molar-refractivity contribution is -0.181. The van der Waals surface area contributed by atoms with Crippen LogP contribution in [0.15, 0.2) is 29.4 Å². The maximum atomic E-state index is 13.0. The van der Waals surface area contributed by atoms with Gasteiger partial charge in [0.25, 0.3) is 0 Å². The highest BCUT2D eigenvalue weighted by Crippen LogP contribution is 2.43. The number of alkyl halides is 3. The molecule has 1 N–H and O–H groups in total. The normalized spacial score (nSPS) is 21.3. The molecule has 0 aliphatic carbocycles. The summed E-state index contributed by atoms with van der Waals surface area (Å²) in [5, 5.41) is 14.8. The average molecular weight is 358 g/mol. The summed E-state index contributed by atoms with van der Waals surface area (Å²) in [7, 11) is 1.50. The molecule has 8 heteroatoms. The van der Waals surface area contributed by atoms with Crippen LogP contribution in [0.4, 0.5) is 13.2 Å². The van der Waals surface area contributed by atoms with Crippen LogP contribution in [0.1, 0.15) is 32.8 Å². The number of halogens is 3. The minimum absolute atomic E-state index is 0.184. The van der Waals surface area contributed by atoms with Gasteiger partial charge in [-0.25, -0.2) is 5.01 Å². The Kier molecular flexibility index (Phi) is 4.87. The summed E-state index contributed by atoms with van der Waals surface area (Å²) in [6.07, 6.45) is -5.64. The minimum atomic E-state index is -4.70. The van der Waals surface area contributed by atoms with Gasteiger partial charge in [-0.2, -0.15) is 18.3 Å². The Morgan fingerprint density at radius 2 is 1.84 bits per heavy atom. The van der Waals surface area contributed by atoms with E-state index in [1.165, 1.54) is 7.11 Å². The van der Waals surface area contributed by atoms with Gasteiger partial charge >= 0.3 is 6.18 Å². The Hall–Kier alpha value is -2.09. The van der Waals surface area contributed by atoms with Gasteiger partial charge in [0, 0.05) is 11.8 Å². The van der Waals surface area contributed by atoms with Crippen LogP contribution in [-0.4, -0.2) is 40.7 Å². The molecule has 0 saturated heterocycles. The third-order valence-electron chi connectivity index (χ3n) is 4.26. The van der Waals surface area contributed by atoms with Crippen LogP contribution in [0.5, 0.6) is 5.75 Å². The number of methoxy groups -OCH3 is 1. The molecule has 0 bridgehead atoms. The van der Waals surface area contributed by atoms with Crippen LogP contribution in [0.25, 0.3) is 0 Å². The number of aliphatic hydroxyl groups is 1. The van der Waals surface area contributed by atoms with Crippen LogP contribution in [0.3, 0.4) is 0 Å². The van der Waals surface area contributed by atoms with Crippen molar-refractivity contribution >= 4 is 11.6 Å². The summed E-state index contributed by atoms with van der Waals surface area (Å²) in [4.78, 5) is 12.6. The zero-order chi connectivity index (χ0) is 19.0. The van der Waals surface area contributed by atoms with Crippen molar-refractivity contribution in [1.29, 1.82) is 0 Å². The van der Waals surface area contributed by atoms with E-state index < -0.39 is 35.4 Å². The maximum absolute atomic E-state index is 13.0. The third kappa shape index (κ3) is 3.78. The van der Waals surface area contributed by atoms with Crippen molar-refractivity contribution < 1.29 is 27.8 Å². The number of ether oxygens (including phenoxy) is 1. The molecule has 1 atom stereocenters. The number of hydrazone groups is 1. The highest BCUT2D eigenvalue weighted by Gasteiger charge is 2.57. The van der Waals surface area contributed by atoms with Crippen molar-refractivity contribution in [3.05, 3.63) is 29.8 Å². The van der Waals surface area contributed by atoms with Crippen molar-refractivity contribution in [1.82, 2.24) is 5.01 Å². The van der Waals surface area contributed by atoms with Crippen molar-refractivity contribution in [2.75, 3.05) is 7.11 Å². The summed E-state index contributed by atoms with van der Waals surface area (Å²) in [5.41, 5.74) is -3.63. The highest BCUT2D eigenvalue weighted by atomic mass is 19.4. The van der Waals surface area contributed by atoms with Crippen molar-refractivity contribution in [3.63, 3.8) is 0 Å². The molecular weight excluding hydrogens is 337 g/mol. The van der Waals surface area contributed by atoms with E-state index in [0.717, 1.165) is 0 Å². The number of carbonyl (C=O) groups is 1. The molecule has 1 aliphatic rings. The fourth-order valence-corrected chi connectivity index (χ4v) is 2.54. The van der Waals surface area contributed by atoms with Crippen LogP contribution < -0.4 is 4.74 Å². The van der Waals surface area contributed by atoms with Gasteiger partial charge in [0.1, 0.15) is 11.5 Å². The number of hydrogen-bond acceptors (Lipinski definition) is 4. The number of amides is 1. The van der Waals surface area contributed by atoms with Gasteiger partial charge in [-0.1, -0.05) is 32.9 Å². The Labute approximate surface area is 144 Å². The Balaban J connectivity index is 2.30. The predicted molar refractivity (Wildman–Crippen MR) is 86.1 cm³/mol. The lowest BCUT2D eigenvalue weighted by atomic mass is 9.80. The van der Waals surface area contributed by atoms with E-state index in [2.05, 4.69) is 5.10 Å². The number of hydrogen-bond donors (Lipinski definition) is 1. The van der Waals surface area contributed by atoms with Crippen LogP contribution in [0.2, 0.25) is 0 Å². The standard InChI is InChI=1S/C17H21F3N2O3/c1-15(2,3)16(24)10-13(17(18,19)20)21-22(16)14(23)9-11-5-7-12(25-4)8-6-11/h5-8,24H,9-10H2,1-4H3/t16-/m1/s1. The largest absolute Gasteiger partial charge is 0.497 e. The van der Waals surface area contributed by atoms with Gasteiger partial charge in [-0.05, 0) is 17.7 Å². The zero-order valence-electron chi connectivity index (χ0n) is 14.5. The Bertz CT molecular complexity index is 678.